The Kier molecular flexibility index (Phi) is 5.51. The minimum absolute atomic E-state index is 0.527. The summed E-state index contributed by atoms with van der Waals surface area (Å²) in [5.74, 6) is 1.36. The highest BCUT2D eigenvalue weighted by molar-refractivity contribution is 5.69. The van der Waals surface area contributed by atoms with E-state index in [9.17, 15) is 0 Å². The monoisotopic (exact) mass is 287 g/mol. The number of ether oxygens (including phenoxy) is 2. The van der Waals surface area contributed by atoms with Crippen molar-refractivity contribution in [1.82, 2.24) is 15.3 Å². The van der Waals surface area contributed by atoms with Crippen molar-refractivity contribution >= 4 is 0 Å². The number of aromatic nitrogens is 2. The summed E-state index contributed by atoms with van der Waals surface area (Å²) in [5.41, 5.74) is 2.86. The third-order valence-electron chi connectivity index (χ3n) is 3.17. The van der Waals surface area contributed by atoms with Gasteiger partial charge in [-0.3, -0.25) is 0 Å². The van der Waals surface area contributed by atoms with Crippen molar-refractivity contribution in [3.05, 3.63) is 36.2 Å². The third-order valence-corrected chi connectivity index (χ3v) is 3.17. The van der Waals surface area contributed by atoms with E-state index in [1.165, 1.54) is 0 Å². The van der Waals surface area contributed by atoms with Crippen LogP contribution >= 0.6 is 0 Å². The molecule has 0 amide bonds. The smallest absolute Gasteiger partial charge is 0.240 e. The van der Waals surface area contributed by atoms with Crippen LogP contribution in [0, 0.1) is 0 Å². The fourth-order valence-electron chi connectivity index (χ4n) is 2.13. The summed E-state index contributed by atoms with van der Waals surface area (Å²) in [6.45, 7) is 3.86. The number of nitrogens with zero attached hydrogens (tertiary/aromatic N) is 2. The number of nitrogens with one attached hydrogen (secondary N) is 1. The van der Waals surface area contributed by atoms with Crippen LogP contribution in [-0.2, 0) is 6.54 Å². The summed E-state index contributed by atoms with van der Waals surface area (Å²) in [7, 11) is 3.27. The van der Waals surface area contributed by atoms with Gasteiger partial charge in [0.25, 0.3) is 0 Å². The van der Waals surface area contributed by atoms with E-state index in [2.05, 4.69) is 22.2 Å². The van der Waals surface area contributed by atoms with Gasteiger partial charge in [0.15, 0.2) is 0 Å². The second kappa shape index (κ2) is 7.59. The normalized spacial score (nSPS) is 10.4. The van der Waals surface area contributed by atoms with Gasteiger partial charge in [-0.1, -0.05) is 6.92 Å². The van der Waals surface area contributed by atoms with Crippen molar-refractivity contribution in [3.63, 3.8) is 0 Å². The molecule has 0 bridgehead atoms. The Balaban J connectivity index is 2.41. The maximum Gasteiger partial charge on any atom is 0.240 e. The number of rotatable bonds is 7. The van der Waals surface area contributed by atoms with Gasteiger partial charge in [-0.05, 0) is 36.7 Å². The molecule has 1 aromatic carbocycles. The molecule has 0 unspecified atom stereocenters. The van der Waals surface area contributed by atoms with Crippen molar-refractivity contribution in [2.45, 2.75) is 19.9 Å². The zero-order valence-corrected chi connectivity index (χ0v) is 12.7. The van der Waals surface area contributed by atoms with E-state index in [1.54, 1.807) is 26.6 Å². The van der Waals surface area contributed by atoms with Crippen molar-refractivity contribution in [2.75, 3.05) is 20.8 Å². The molecule has 2 aromatic rings. The zero-order chi connectivity index (χ0) is 15.1. The lowest BCUT2D eigenvalue weighted by molar-refractivity contribution is 0.397. The van der Waals surface area contributed by atoms with E-state index < -0.39 is 0 Å². The summed E-state index contributed by atoms with van der Waals surface area (Å²) in [6, 6.07) is 5.94. The van der Waals surface area contributed by atoms with E-state index in [-0.39, 0.29) is 0 Å². The molecule has 1 N–H and O–H groups in total. The largest absolute Gasteiger partial charge is 0.497 e. The van der Waals surface area contributed by atoms with Gasteiger partial charge < -0.3 is 14.8 Å². The maximum atomic E-state index is 5.31. The van der Waals surface area contributed by atoms with Crippen molar-refractivity contribution in [2.24, 2.45) is 0 Å². The average Bonchev–Trinajstić information content (AvgIpc) is 2.55. The Morgan fingerprint density at radius 3 is 2.62 bits per heavy atom. The van der Waals surface area contributed by atoms with Crippen LogP contribution in [0.15, 0.2) is 30.6 Å². The highest BCUT2D eigenvalue weighted by Gasteiger charge is 2.13. The van der Waals surface area contributed by atoms with E-state index in [0.717, 1.165) is 42.1 Å². The van der Waals surface area contributed by atoms with Crippen LogP contribution in [0.25, 0.3) is 11.3 Å². The lowest BCUT2D eigenvalue weighted by atomic mass is 10.0. The molecule has 0 saturated heterocycles. The number of methoxy groups -OCH3 is 2. The first kappa shape index (κ1) is 15.3. The molecule has 0 aliphatic rings. The fraction of sp³-hybridized carbons (Fsp3) is 0.375. The van der Waals surface area contributed by atoms with Gasteiger partial charge in [-0.2, -0.15) is 0 Å². The average molecular weight is 287 g/mol. The summed E-state index contributed by atoms with van der Waals surface area (Å²) >= 11 is 0. The second-order valence-corrected chi connectivity index (χ2v) is 4.61. The van der Waals surface area contributed by atoms with Crippen LogP contribution in [0.5, 0.6) is 11.6 Å². The molecule has 5 heteroatoms. The molecule has 0 spiro atoms. The van der Waals surface area contributed by atoms with Crippen LogP contribution in [0.1, 0.15) is 18.9 Å². The minimum atomic E-state index is 0.527. The van der Waals surface area contributed by atoms with E-state index in [4.69, 9.17) is 9.47 Å². The lowest BCUT2D eigenvalue weighted by Crippen LogP contribution is -2.14. The SMILES string of the molecule is CCCNCc1cc(OC)ccc1-c1nccnc1OC. The van der Waals surface area contributed by atoms with Crippen LogP contribution < -0.4 is 14.8 Å². The van der Waals surface area contributed by atoms with Gasteiger partial charge in [-0.15, -0.1) is 0 Å². The standard InChI is InChI=1S/C16H21N3O2/c1-4-7-17-11-12-10-13(20-2)5-6-14(12)15-16(21-3)19-9-8-18-15/h5-6,8-10,17H,4,7,11H2,1-3H3. The Morgan fingerprint density at radius 1 is 1.10 bits per heavy atom. The van der Waals surface area contributed by atoms with Gasteiger partial charge in [0.05, 0.1) is 14.2 Å². The Labute approximate surface area is 125 Å². The Hall–Kier alpha value is -2.14. The molecule has 5 nitrogen and oxygen atoms in total. The van der Waals surface area contributed by atoms with Crippen LogP contribution in [-0.4, -0.2) is 30.7 Å². The Bertz CT molecular complexity index is 587. The highest BCUT2D eigenvalue weighted by atomic mass is 16.5. The second-order valence-electron chi connectivity index (χ2n) is 4.61. The zero-order valence-electron chi connectivity index (χ0n) is 12.7. The van der Waals surface area contributed by atoms with Gasteiger partial charge in [0, 0.05) is 24.5 Å². The first-order valence-corrected chi connectivity index (χ1v) is 7.03. The number of hydrogen-bond donors (Lipinski definition) is 1. The van der Waals surface area contributed by atoms with Crippen molar-refractivity contribution in [1.29, 1.82) is 0 Å². The van der Waals surface area contributed by atoms with Gasteiger partial charge in [0.2, 0.25) is 5.88 Å². The minimum Gasteiger partial charge on any atom is -0.497 e. The molecule has 0 fully saturated rings. The summed E-state index contributed by atoms with van der Waals surface area (Å²) in [6.07, 6.45) is 4.39. The van der Waals surface area contributed by atoms with Crippen molar-refractivity contribution < 1.29 is 9.47 Å². The van der Waals surface area contributed by atoms with E-state index in [0.29, 0.717) is 5.88 Å². The van der Waals surface area contributed by atoms with Gasteiger partial charge >= 0.3 is 0 Å². The molecule has 1 heterocycles. The van der Waals surface area contributed by atoms with E-state index in [1.807, 2.05) is 18.2 Å². The predicted octanol–water partition coefficient (Wildman–Crippen LogP) is 2.66. The summed E-state index contributed by atoms with van der Waals surface area (Å²) in [5, 5.41) is 3.41. The third kappa shape index (κ3) is 3.70. The summed E-state index contributed by atoms with van der Waals surface area (Å²) < 4.78 is 10.6. The lowest BCUT2D eigenvalue weighted by Gasteiger charge is -2.13. The highest BCUT2D eigenvalue weighted by Crippen LogP contribution is 2.30. The number of hydrogen-bond acceptors (Lipinski definition) is 5. The molecule has 21 heavy (non-hydrogen) atoms. The summed E-state index contributed by atoms with van der Waals surface area (Å²) in [4.78, 5) is 8.63. The molecule has 0 atom stereocenters. The quantitative estimate of drug-likeness (QED) is 0.793. The molecule has 2 rings (SSSR count). The predicted molar refractivity (Wildman–Crippen MR) is 82.6 cm³/mol. The number of benzene rings is 1. The molecule has 112 valence electrons. The van der Waals surface area contributed by atoms with Gasteiger partial charge in [-0.25, -0.2) is 9.97 Å². The molecular formula is C16H21N3O2. The first-order valence-electron chi connectivity index (χ1n) is 7.03. The van der Waals surface area contributed by atoms with E-state index >= 15 is 0 Å². The Morgan fingerprint density at radius 2 is 1.90 bits per heavy atom. The van der Waals surface area contributed by atoms with Gasteiger partial charge in [0.1, 0.15) is 11.4 Å². The maximum absolute atomic E-state index is 5.31. The first-order chi connectivity index (χ1) is 10.3. The molecule has 0 saturated carbocycles. The van der Waals surface area contributed by atoms with Crippen LogP contribution in [0.2, 0.25) is 0 Å². The molecule has 0 radical (unpaired) electrons. The van der Waals surface area contributed by atoms with Crippen molar-refractivity contribution in [3.8, 4) is 22.9 Å². The molecular weight excluding hydrogens is 266 g/mol. The molecule has 0 aliphatic carbocycles. The van der Waals surface area contributed by atoms with Crippen LogP contribution in [0.3, 0.4) is 0 Å². The molecule has 0 aliphatic heterocycles. The fourth-order valence-corrected chi connectivity index (χ4v) is 2.13. The van der Waals surface area contributed by atoms with Crippen LogP contribution in [0.4, 0.5) is 0 Å². The molecule has 1 aromatic heterocycles. The topological polar surface area (TPSA) is 56.3 Å².